The lowest BCUT2D eigenvalue weighted by Crippen LogP contribution is -1.92. The molecule has 64 valence electrons. The lowest BCUT2D eigenvalue weighted by molar-refractivity contribution is 1.26. The molecule has 0 aliphatic rings. The summed E-state index contributed by atoms with van der Waals surface area (Å²) in [5.74, 6) is 0. The van der Waals surface area contributed by atoms with Crippen molar-refractivity contribution in [2.45, 2.75) is 13.8 Å². The van der Waals surface area contributed by atoms with Crippen LogP contribution < -0.4 is 5.73 Å². The van der Waals surface area contributed by atoms with E-state index in [9.17, 15) is 0 Å². The number of rotatable bonds is 2. The number of hydrogen-bond acceptors (Lipinski definition) is 1. The topological polar surface area (TPSA) is 26.0 Å². The van der Waals surface area contributed by atoms with E-state index in [1.165, 1.54) is 16.7 Å². The van der Waals surface area contributed by atoms with E-state index in [1.54, 1.807) is 0 Å². The Bertz CT molecular complexity index is 287. The molecule has 0 aliphatic carbocycles. The first-order chi connectivity index (χ1) is 5.75. The van der Waals surface area contributed by atoms with Crippen molar-refractivity contribution in [1.29, 1.82) is 0 Å². The van der Waals surface area contributed by atoms with E-state index in [0.29, 0.717) is 6.54 Å². The first-order valence-electron chi connectivity index (χ1n) is 4.18. The van der Waals surface area contributed by atoms with Gasteiger partial charge in [0.05, 0.1) is 0 Å². The molecule has 2 N–H and O–H groups in total. The molecule has 0 saturated carbocycles. The standard InChI is InChI=1S/C11H15N/c1-9-5-3-6-11(10(9)2)7-4-8-12/h3-7H,8,12H2,1-2H3/b7-4+. The molecular formula is C11H15N. The smallest absolute Gasteiger partial charge is 0.0110 e. The first kappa shape index (κ1) is 9.01. The summed E-state index contributed by atoms with van der Waals surface area (Å²) in [6.07, 6.45) is 4.05. The Balaban J connectivity index is 3.00. The molecule has 0 saturated heterocycles. The van der Waals surface area contributed by atoms with Gasteiger partial charge in [0.1, 0.15) is 0 Å². The van der Waals surface area contributed by atoms with Crippen LogP contribution in [0.15, 0.2) is 24.3 Å². The predicted octanol–water partition coefficient (Wildman–Crippen LogP) is 2.28. The van der Waals surface area contributed by atoms with Gasteiger partial charge in [0.15, 0.2) is 0 Å². The highest BCUT2D eigenvalue weighted by Crippen LogP contribution is 2.13. The van der Waals surface area contributed by atoms with Crippen LogP contribution >= 0.6 is 0 Å². The molecule has 12 heavy (non-hydrogen) atoms. The van der Waals surface area contributed by atoms with Crippen LogP contribution in [-0.2, 0) is 0 Å². The van der Waals surface area contributed by atoms with Crippen LogP contribution in [0.2, 0.25) is 0 Å². The van der Waals surface area contributed by atoms with Crippen molar-refractivity contribution in [2.24, 2.45) is 5.73 Å². The van der Waals surface area contributed by atoms with Crippen LogP contribution in [0.4, 0.5) is 0 Å². The van der Waals surface area contributed by atoms with E-state index in [1.807, 2.05) is 6.08 Å². The van der Waals surface area contributed by atoms with E-state index in [2.05, 4.69) is 38.1 Å². The fraction of sp³-hybridized carbons (Fsp3) is 0.273. The number of aryl methyl sites for hydroxylation is 1. The highest BCUT2D eigenvalue weighted by atomic mass is 14.5. The Morgan fingerprint density at radius 2 is 2.08 bits per heavy atom. The lowest BCUT2D eigenvalue weighted by atomic mass is 10.0. The normalized spacial score (nSPS) is 10.9. The van der Waals surface area contributed by atoms with Gasteiger partial charge in [-0.25, -0.2) is 0 Å². The summed E-state index contributed by atoms with van der Waals surface area (Å²) in [5.41, 5.74) is 9.31. The molecule has 0 bridgehead atoms. The molecule has 0 fully saturated rings. The van der Waals surface area contributed by atoms with Crippen molar-refractivity contribution < 1.29 is 0 Å². The minimum Gasteiger partial charge on any atom is -0.327 e. The van der Waals surface area contributed by atoms with E-state index in [0.717, 1.165) is 0 Å². The second kappa shape index (κ2) is 4.07. The largest absolute Gasteiger partial charge is 0.327 e. The molecule has 0 atom stereocenters. The molecular weight excluding hydrogens is 146 g/mol. The summed E-state index contributed by atoms with van der Waals surface area (Å²) in [5, 5.41) is 0. The Labute approximate surface area is 73.9 Å². The Morgan fingerprint density at radius 3 is 2.75 bits per heavy atom. The molecule has 1 aromatic carbocycles. The molecule has 0 aromatic heterocycles. The predicted molar refractivity (Wildman–Crippen MR) is 54.0 cm³/mol. The van der Waals surface area contributed by atoms with Gasteiger partial charge in [-0.1, -0.05) is 30.4 Å². The molecule has 1 rings (SSSR count). The van der Waals surface area contributed by atoms with Gasteiger partial charge in [-0.2, -0.15) is 0 Å². The second-order valence-corrected chi connectivity index (χ2v) is 2.93. The van der Waals surface area contributed by atoms with Crippen LogP contribution in [0, 0.1) is 13.8 Å². The summed E-state index contributed by atoms with van der Waals surface area (Å²) in [6, 6.07) is 6.29. The number of nitrogens with two attached hydrogens (primary N) is 1. The van der Waals surface area contributed by atoms with E-state index in [4.69, 9.17) is 5.73 Å². The van der Waals surface area contributed by atoms with Crippen LogP contribution in [-0.4, -0.2) is 6.54 Å². The first-order valence-corrected chi connectivity index (χ1v) is 4.18. The van der Waals surface area contributed by atoms with Crippen LogP contribution in [0.3, 0.4) is 0 Å². The maximum Gasteiger partial charge on any atom is 0.0110 e. The van der Waals surface area contributed by atoms with Crippen molar-refractivity contribution in [3.8, 4) is 0 Å². The van der Waals surface area contributed by atoms with Crippen LogP contribution in [0.5, 0.6) is 0 Å². The zero-order chi connectivity index (χ0) is 8.97. The molecule has 0 amide bonds. The van der Waals surface area contributed by atoms with Crippen molar-refractivity contribution >= 4 is 6.08 Å². The second-order valence-electron chi connectivity index (χ2n) is 2.93. The summed E-state index contributed by atoms with van der Waals surface area (Å²) in [4.78, 5) is 0. The summed E-state index contributed by atoms with van der Waals surface area (Å²) in [7, 11) is 0. The minimum absolute atomic E-state index is 0.605. The number of hydrogen-bond donors (Lipinski definition) is 1. The van der Waals surface area contributed by atoms with Gasteiger partial charge < -0.3 is 5.73 Å². The summed E-state index contributed by atoms with van der Waals surface area (Å²) >= 11 is 0. The van der Waals surface area contributed by atoms with Crippen molar-refractivity contribution in [1.82, 2.24) is 0 Å². The highest BCUT2D eigenvalue weighted by molar-refractivity contribution is 5.55. The van der Waals surface area contributed by atoms with Crippen molar-refractivity contribution in [2.75, 3.05) is 6.54 Å². The molecule has 0 spiro atoms. The fourth-order valence-electron chi connectivity index (χ4n) is 1.15. The molecule has 1 nitrogen and oxygen atoms in total. The zero-order valence-electron chi connectivity index (χ0n) is 7.67. The molecule has 0 radical (unpaired) electrons. The molecule has 1 heteroatoms. The number of benzene rings is 1. The molecule has 0 unspecified atom stereocenters. The third kappa shape index (κ3) is 1.95. The van der Waals surface area contributed by atoms with Crippen molar-refractivity contribution in [3.05, 3.63) is 41.0 Å². The molecule has 0 heterocycles. The average Bonchev–Trinajstić information content (AvgIpc) is 2.08. The third-order valence-corrected chi connectivity index (χ3v) is 2.08. The van der Waals surface area contributed by atoms with Gasteiger partial charge in [-0.15, -0.1) is 0 Å². The highest BCUT2D eigenvalue weighted by Gasteiger charge is 1.94. The van der Waals surface area contributed by atoms with E-state index >= 15 is 0 Å². The molecule has 1 aromatic rings. The van der Waals surface area contributed by atoms with E-state index < -0.39 is 0 Å². The van der Waals surface area contributed by atoms with Gasteiger partial charge >= 0.3 is 0 Å². The monoisotopic (exact) mass is 161 g/mol. The summed E-state index contributed by atoms with van der Waals surface area (Å²) < 4.78 is 0. The van der Waals surface area contributed by atoms with Crippen LogP contribution in [0.25, 0.3) is 6.08 Å². The van der Waals surface area contributed by atoms with Crippen LogP contribution in [0.1, 0.15) is 16.7 Å². The van der Waals surface area contributed by atoms with Gasteiger partial charge in [-0.3, -0.25) is 0 Å². The zero-order valence-corrected chi connectivity index (χ0v) is 7.67. The summed E-state index contributed by atoms with van der Waals surface area (Å²) in [6.45, 7) is 4.86. The maximum atomic E-state index is 5.38. The maximum absolute atomic E-state index is 5.38. The Morgan fingerprint density at radius 1 is 1.33 bits per heavy atom. The Kier molecular flexibility index (Phi) is 3.06. The van der Waals surface area contributed by atoms with E-state index in [-0.39, 0.29) is 0 Å². The average molecular weight is 161 g/mol. The van der Waals surface area contributed by atoms with Gasteiger partial charge in [0.25, 0.3) is 0 Å². The third-order valence-electron chi connectivity index (χ3n) is 2.08. The fourth-order valence-corrected chi connectivity index (χ4v) is 1.15. The Hall–Kier alpha value is -1.08. The van der Waals surface area contributed by atoms with Gasteiger partial charge in [-0.05, 0) is 30.5 Å². The van der Waals surface area contributed by atoms with Crippen molar-refractivity contribution in [3.63, 3.8) is 0 Å². The molecule has 0 aliphatic heterocycles. The quantitative estimate of drug-likeness (QED) is 0.707. The lowest BCUT2D eigenvalue weighted by Gasteiger charge is -2.02. The SMILES string of the molecule is Cc1cccc(/C=C/CN)c1C. The minimum atomic E-state index is 0.605. The van der Waals surface area contributed by atoms with Gasteiger partial charge in [0, 0.05) is 6.54 Å². The van der Waals surface area contributed by atoms with Gasteiger partial charge in [0.2, 0.25) is 0 Å².